The molecule has 116 valence electrons. The third-order valence-corrected chi connectivity index (χ3v) is 3.75. The zero-order valence-corrected chi connectivity index (χ0v) is 14.2. The van der Waals surface area contributed by atoms with Crippen molar-refractivity contribution in [3.8, 4) is 0 Å². The Labute approximate surface area is 132 Å². The maximum Gasteiger partial charge on any atom is 0.409 e. The molecule has 0 aliphatic carbocycles. The molecule has 2 N–H and O–H groups in total. The lowest BCUT2D eigenvalue weighted by molar-refractivity contribution is -0.0757. The molecule has 0 aliphatic heterocycles. The molecule has 0 saturated carbocycles. The van der Waals surface area contributed by atoms with Gasteiger partial charge in [-0.1, -0.05) is 20.8 Å². The highest BCUT2D eigenvalue weighted by Gasteiger charge is 2.27. The van der Waals surface area contributed by atoms with Gasteiger partial charge in [0.25, 0.3) is 5.91 Å². The SMILES string of the molecule is CON(C)C(=O)c1ccc(NC(=O)O)c(C(C)(C)C)c1Br. The standard InChI is InChI=1S/C14H19BrN2O4/c1-14(2,3)10-9(16-13(19)20)7-6-8(11(10)15)12(18)17(4)21-5/h6-7,16H,1-5H3,(H,19,20). The summed E-state index contributed by atoms with van der Waals surface area (Å²) in [4.78, 5) is 28.0. The number of carbonyl (C=O) groups excluding carboxylic acids is 1. The van der Waals surface area contributed by atoms with Crippen LogP contribution in [0.3, 0.4) is 0 Å². The number of anilines is 1. The Kier molecular flexibility index (Phi) is 5.36. The number of nitrogens with one attached hydrogen (secondary N) is 1. The van der Waals surface area contributed by atoms with Gasteiger partial charge >= 0.3 is 6.09 Å². The van der Waals surface area contributed by atoms with Crippen molar-refractivity contribution in [2.24, 2.45) is 0 Å². The molecule has 0 aromatic heterocycles. The van der Waals surface area contributed by atoms with Crippen LogP contribution in [0.2, 0.25) is 0 Å². The van der Waals surface area contributed by atoms with Crippen molar-refractivity contribution in [3.05, 3.63) is 27.7 Å². The van der Waals surface area contributed by atoms with E-state index in [1.165, 1.54) is 14.2 Å². The minimum Gasteiger partial charge on any atom is -0.465 e. The van der Waals surface area contributed by atoms with Crippen molar-refractivity contribution in [2.45, 2.75) is 26.2 Å². The molecule has 6 nitrogen and oxygen atoms in total. The number of benzene rings is 1. The Morgan fingerprint density at radius 2 is 1.90 bits per heavy atom. The van der Waals surface area contributed by atoms with Crippen LogP contribution in [0.25, 0.3) is 0 Å². The van der Waals surface area contributed by atoms with E-state index in [1.807, 2.05) is 20.8 Å². The first-order valence-corrected chi connectivity index (χ1v) is 7.04. The molecule has 0 spiro atoms. The first kappa shape index (κ1) is 17.5. The molecule has 7 heteroatoms. The van der Waals surface area contributed by atoms with Gasteiger partial charge in [-0.05, 0) is 39.0 Å². The van der Waals surface area contributed by atoms with E-state index >= 15 is 0 Å². The van der Waals surface area contributed by atoms with Crippen molar-refractivity contribution in [2.75, 3.05) is 19.5 Å². The van der Waals surface area contributed by atoms with E-state index in [0.717, 1.165) is 5.06 Å². The Morgan fingerprint density at radius 3 is 2.33 bits per heavy atom. The van der Waals surface area contributed by atoms with Gasteiger partial charge in [-0.15, -0.1) is 0 Å². The maximum atomic E-state index is 12.2. The van der Waals surface area contributed by atoms with Crippen LogP contribution in [0.5, 0.6) is 0 Å². The number of hydrogen-bond acceptors (Lipinski definition) is 3. The lowest BCUT2D eigenvalue weighted by atomic mass is 9.84. The van der Waals surface area contributed by atoms with Crippen LogP contribution in [0.15, 0.2) is 16.6 Å². The van der Waals surface area contributed by atoms with Gasteiger partial charge in [0, 0.05) is 17.2 Å². The van der Waals surface area contributed by atoms with Crippen molar-refractivity contribution >= 4 is 33.6 Å². The zero-order chi connectivity index (χ0) is 16.4. The first-order chi connectivity index (χ1) is 9.59. The van der Waals surface area contributed by atoms with Crippen LogP contribution in [0, 0.1) is 0 Å². The topological polar surface area (TPSA) is 78.9 Å². The number of carboxylic acid groups (broad SMARTS) is 1. The van der Waals surface area contributed by atoms with E-state index in [0.29, 0.717) is 21.3 Å². The lowest BCUT2D eigenvalue weighted by Crippen LogP contribution is -2.27. The van der Waals surface area contributed by atoms with E-state index in [1.54, 1.807) is 12.1 Å². The fourth-order valence-electron chi connectivity index (χ4n) is 1.95. The largest absolute Gasteiger partial charge is 0.465 e. The Hall–Kier alpha value is -1.60. The van der Waals surface area contributed by atoms with Crippen LogP contribution < -0.4 is 5.32 Å². The fourth-order valence-corrected chi connectivity index (χ4v) is 3.06. The summed E-state index contributed by atoms with van der Waals surface area (Å²) in [5.41, 5.74) is 1.19. The van der Waals surface area contributed by atoms with Gasteiger partial charge in [0.05, 0.1) is 12.7 Å². The number of nitrogens with zero attached hydrogens (tertiary/aromatic N) is 1. The summed E-state index contributed by atoms with van der Waals surface area (Å²) in [5, 5.41) is 12.4. The molecule has 0 aliphatic rings. The van der Waals surface area contributed by atoms with Gasteiger partial charge in [-0.3, -0.25) is 14.9 Å². The van der Waals surface area contributed by atoms with E-state index < -0.39 is 6.09 Å². The summed E-state index contributed by atoms with van der Waals surface area (Å²) in [7, 11) is 2.91. The number of hydroxylamine groups is 2. The molecule has 0 heterocycles. The van der Waals surface area contributed by atoms with E-state index in [2.05, 4.69) is 21.2 Å². The average molecular weight is 359 g/mol. The van der Waals surface area contributed by atoms with E-state index in [-0.39, 0.29) is 11.3 Å². The first-order valence-electron chi connectivity index (χ1n) is 6.24. The minimum atomic E-state index is -1.15. The van der Waals surface area contributed by atoms with Crippen molar-refractivity contribution < 1.29 is 19.5 Å². The highest BCUT2D eigenvalue weighted by molar-refractivity contribution is 9.10. The molecular weight excluding hydrogens is 340 g/mol. The molecule has 0 unspecified atom stereocenters. The van der Waals surface area contributed by atoms with Crippen molar-refractivity contribution in [3.63, 3.8) is 0 Å². The molecule has 1 rings (SSSR count). The summed E-state index contributed by atoms with van der Waals surface area (Å²) in [5.74, 6) is -0.322. The third kappa shape index (κ3) is 3.95. The average Bonchev–Trinajstić information content (AvgIpc) is 2.35. The second-order valence-electron chi connectivity index (χ2n) is 5.52. The summed E-state index contributed by atoms with van der Waals surface area (Å²) >= 11 is 3.42. The van der Waals surface area contributed by atoms with E-state index in [9.17, 15) is 9.59 Å². The molecule has 2 amide bonds. The molecule has 0 fully saturated rings. The lowest BCUT2D eigenvalue weighted by Gasteiger charge is -2.26. The van der Waals surface area contributed by atoms with Crippen molar-refractivity contribution in [1.82, 2.24) is 5.06 Å². The molecule has 0 saturated heterocycles. The summed E-state index contributed by atoms with van der Waals surface area (Å²) in [6.07, 6.45) is -1.15. The molecule has 0 radical (unpaired) electrons. The number of carbonyl (C=O) groups is 2. The number of rotatable bonds is 3. The Balaban J connectivity index is 3.47. The predicted octanol–water partition coefficient (Wildman–Crippen LogP) is 3.47. The van der Waals surface area contributed by atoms with Crippen LogP contribution in [-0.4, -0.2) is 36.3 Å². The fraction of sp³-hybridized carbons (Fsp3) is 0.429. The molecule has 0 bridgehead atoms. The van der Waals surface area contributed by atoms with Gasteiger partial charge in [0.2, 0.25) is 0 Å². The third-order valence-electron chi connectivity index (χ3n) is 2.92. The van der Waals surface area contributed by atoms with Crippen LogP contribution in [0.1, 0.15) is 36.7 Å². The van der Waals surface area contributed by atoms with E-state index in [4.69, 9.17) is 9.94 Å². The zero-order valence-electron chi connectivity index (χ0n) is 12.7. The molecule has 21 heavy (non-hydrogen) atoms. The molecule has 1 aromatic carbocycles. The predicted molar refractivity (Wildman–Crippen MR) is 83.6 cm³/mol. The van der Waals surface area contributed by atoms with Crippen LogP contribution in [-0.2, 0) is 10.3 Å². The maximum absolute atomic E-state index is 12.2. The monoisotopic (exact) mass is 358 g/mol. The second-order valence-corrected chi connectivity index (χ2v) is 6.31. The van der Waals surface area contributed by atoms with Gasteiger partial charge in [0.1, 0.15) is 0 Å². The summed E-state index contributed by atoms with van der Waals surface area (Å²) in [6, 6.07) is 3.14. The van der Waals surface area contributed by atoms with Gasteiger partial charge in [0.15, 0.2) is 0 Å². The Morgan fingerprint density at radius 1 is 1.33 bits per heavy atom. The van der Waals surface area contributed by atoms with Gasteiger partial charge in [-0.2, -0.15) is 0 Å². The number of halogens is 1. The quantitative estimate of drug-likeness (QED) is 0.810. The van der Waals surface area contributed by atoms with Gasteiger partial charge in [-0.25, -0.2) is 9.86 Å². The summed E-state index contributed by atoms with van der Waals surface area (Å²) < 4.78 is 0.551. The Bertz CT molecular complexity index is 567. The molecule has 0 atom stereocenters. The van der Waals surface area contributed by atoms with Crippen molar-refractivity contribution in [1.29, 1.82) is 0 Å². The highest BCUT2D eigenvalue weighted by Crippen LogP contribution is 2.38. The second kappa shape index (κ2) is 6.44. The van der Waals surface area contributed by atoms with Crippen LogP contribution >= 0.6 is 15.9 Å². The molecular formula is C14H19BrN2O4. The number of hydrogen-bond donors (Lipinski definition) is 2. The summed E-state index contributed by atoms with van der Waals surface area (Å²) in [6.45, 7) is 5.82. The minimum absolute atomic E-state index is 0.322. The smallest absolute Gasteiger partial charge is 0.409 e. The highest BCUT2D eigenvalue weighted by atomic mass is 79.9. The number of amides is 2. The normalized spacial score (nSPS) is 11.1. The van der Waals surface area contributed by atoms with Gasteiger partial charge < -0.3 is 5.11 Å². The molecule has 1 aromatic rings. The van der Waals surface area contributed by atoms with Crippen LogP contribution in [0.4, 0.5) is 10.5 Å².